The molecular weight excluding hydrogens is 345 g/mol. The van der Waals surface area contributed by atoms with E-state index in [1.54, 1.807) is 36.5 Å². The number of halogens is 2. The van der Waals surface area contributed by atoms with Crippen LogP contribution in [0.4, 0.5) is 11.5 Å². The highest BCUT2D eigenvalue weighted by Crippen LogP contribution is 2.27. The normalized spacial score (nSPS) is 15.4. The Hall–Kier alpha value is -1.78. The minimum Gasteiger partial charge on any atom is -0.339 e. The van der Waals surface area contributed by atoms with Crippen LogP contribution in [0.15, 0.2) is 36.5 Å². The zero-order chi connectivity index (χ0) is 17.1. The van der Waals surface area contributed by atoms with Gasteiger partial charge < -0.3 is 10.2 Å². The molecule has 1 saturated heterocycles. The first kappa shape index (κ1) is 17.1. The molecule has 1 aromatic carbocycles. The Morgan fingerprint density at radius 3 is 2.58 bits per heavy atom. The van der Waals surface area contributed by atoms with Crippen molar-refractivity contribution in [3.63, 3.8) is 0 Å². The van der Waals surface area contributed by atoms with Crippen LogP contribution < -0.4 is 5.32 Å². The van der Waals surface area contributed by atoms with Crippen LogP contribution in [0.2, 0.25) is 10.0 Å². The molecule has 0 unspecified atom stereocenters. The molecule has 0 radical (unpaired) electrons. The van der Waals surface area contributed by atoms with Gasteiger partial charge in [0.1, 0.15) is 5.82 Å². The van der Waals surface area contributed by atoms with Gasteiger partial charge in [0.25, 0.3) is 5.91 Å². The number of aromatic nitrogens is 1. The topological polar surface area (TPSA) is 45.2 Å². The number of nitrogens with one attached hydrogen (secondary N) is 1. The van der Waals surface area contributed by atoms with Crippen molar-refractivity contribution in [2.75, 3.05) is 18.4 Å². The van der Waals surface area contributed by atoms with E-state index in [-0.39, 0.29) is 5.91 Å². The second-order valence-electron chi connectivity index (χ2n) is 6.16. The summed E-state index contributed by atoms with van der Waals surface area (Å²) >= 11 is 12.0. The third kappa shape index (κ3) is 4.00. The fourth-order valence-corrected chi connectivity index (χ4v) is 3.17. The van der Waals surface area contributed by atoms with Gasteiger partial charge in [-0.2, -0.15) is 0 Å². The summed E-state index contributed by atoms with van der Waals surface area (Å²) in [6, 6.07) is 8.79. The summed E-state index contributed by atoms with van der Waals surface area (Å²) < 4.78 is 0. The van der Waals surface area contributed by atoms with Gasteiger partial charge in [-0.3, -0.25) is 4.79 Å². The van der Waals surface area contributed by atoms with E-state index in [1.807, 2.05) is 4.90 Å². The number of rotatable bonds is 3. The van der Waals surface area contributed by atoms with E-state index in [0.29, 0.717) is 27.3 Å². The number of piperidine rings is 1. The number of amides is 1. The smallest absolute Gasteiger partial charge is 0.255 e. The maximum atomic E-state index is 12.5. The lowest BCUT2D eigenvalue weighted by molar-refractivity contribution is 0.0697. The number of carbonyl (C=O) groups is 1. The number of anilines is 2. The van der Waals surface area contributed by atoms with Gasteiger partial charge in [0, 0.05) is 24.3 Å². The molecule has 126 valence electrons. The molecular formula is C18H19Cl2N3O. The van der Waals surface area contributed by atoms with E-state index < -0.39 is 0 Å². The third-order valence-corrected chi connectivity index (χ3v) is 4.82. The monoisotopic (exact) mass is 363 g/mol. The standard InChI is InChI=1S/C18H19Cl2N3O/c1-12-6-8-23(9-7-12)18(24)13-2-5-17(21-11-13)22-16-4-3-14(19)10-15(16)20/h2-5,10-12H,6-9H2,1H3,(H,21,22). The molecule has 0 spiro atoms. The average molecular weight is 364 g/mol. The number of nitrogens with zero attached hydrogens (tertiary/aromatic N) is 2. The summed E-state index contributed by atoms with van der Waals surface area (Å²) in [6.07, 6.45) is 3.73. The fraction of sp³-hybridized carbons (Fsp3) is 0.333. The van der Waals surface area contributed by atoms with Crippen molar-refractivity contribution >= 4 is 40.6 Å². The van der Waals surface area contributed by atoms with E-state index in [9.17, 15) is 4.79 Å². The summed E-state index contributed by atoms with van der Waals surface area (Å²) in [4.78, 5) is 18.7. The van der Waals surface area contributed by atoms with E-state index in [0.717, 1.165) is 31.6 Å². The Morgan fingerprint density at radius 2 is 1.96 bits per heavy atom. The SMILES string of the molecule is CC1CCN(C(=O)c2ccc(Nc3ccc(Cl)cc3Cl)nc2)CC1. The summed E-state index contributed by atoms with van der Waals surface area (Å²) in [6.45, 7) is 3.87. The average Bonchev–Trinajstić information content (AvgIpc) is 2.58. The molecule has 0 aliphatic carbocycles. The zero-order valence-electron chi connectivity index (χ0n) is 13.4. The lowest BCUT2D eigenvalue weighted by atomic mass is 9.99. The maximum absolute atomic E-state index is 12.5. The van der Waals surface area contributed by atoms with E-state index >= 15 is 0 Å². The molecule has 3 rings (SSSR count). The lowest BCUT2D eigenvalue weighted by Crippen LogP contribution is -2.37. The minimum atomic E-state index is 0.0467. The molecule has 0 atom stereocenters. The number of carbonyl (C=O) groups excluding carboxylic acids is 1. The lowest BCUT2D eigenvalue weighted by Gasteiger charge is -2.30. The van der Waals surface area contributed by atoms with Crippen LogP contribution in [0.3, 0.4) is 0 Å². The van der Waals surface area contributed by atoms with Gasteiger partial charge >= 0.3 is 0 Å². The van der Waals surface area contributed by atoms with Gasteiger partial charge in [-0.1, -0.05) is 30.1 Å². The largest absolute Gasteiger partial charge is 0.339 e. The molecule has 1 amide bonds. The predicted octanol–water partition coefficient (Wildman–Crippen LogP) is 5.00. The fourth-order valence-electron chi connectivity index (χ4n) is 2.72. The van der Waals surface area contributed by atoms with Crippen molar-refractivity contribution in [3.8, 4) is 0 Å². The van der Waals surface area contributed by atoms with Gasteiger partial charge in [-0.15, -0.1) is 0 Å². The first-order valence-corrected chi connectivity index (χ1v) is 8.76. The van der Waals surface area contributed by atoms with Crippen LogP contribution in [0.25, 0.3) is 0 Å². The second kappa shape index (κ2) is 7.41. The van der Waals surface area contributed by atoms with Crippen LogP contribution in [-0.2, 0) is 0 Å². The van der Waals surface area contributed by atoms with Gasteiger partial charge in [-0.05, 0) is 49.1 Å². The number of pyridine rings is 1. The highest BCUT2D eigenvalue weighted by molar-refractivity contribution is 6.36. The molecule has 2 heterocycles. The van der Waals surface area contributed by atoms with Crippen LogP contribution in [0.1, 0.15) is 30.1 Å². The van der Waals surface area contributed by atoms with Crippen molar-refractivity contribution in [1.82, 2.24) is 9.88 Å². The van der Waals surface area contributed by atoms with Crippen molar-refractivity contribution in [1.29, 1.82) is 0 Å². The predicted molar refractivity (Wildman–Crippen MR) is 98.3 cm³/mol. The molecule has 6 heteroatoms. The Kier molecular flexibility index (Phi) is 5.27. The Bertz CT molecular complexity index is 726. The molecule has 24 heavy (non-hydrogen) atoms. The molecule has 2 aromatic rings. The molecule has 4 nitrogen and oxygen atoms in total. The third-order valence-electron chi connectivity index (χ3n) is 4.28. The minimum absolute atomic E-state index is 0.0467. The van der Waals surface area contributed by atoms with Gasteiger partial charge in [0.15, 0.2) is 0 Å². The molecule has 1 aliphatic rings. The summed E-state index contributed by atoms with van der Waals surface area (Å²) in [5.74, 6) is 1.37. The zero-order valence-corrected chi connectivity index (χ0v) is 14.9. The Labute approximate surface area is 151 Å². The van der Waals surface area contributed by atoms with Crippen molar-refractivity contribution < 1.29 is 4.79 Å². The Balaban J connectivity index is 1.68. The van der Waals surface area contributed by atoms with Crippen LogP contribution in [0, 0.1) is 5.92 Å². The van der Waals surface area contributed by atoms with Crippen LogP contribution in [-0.4, -0.2) is 28.9 Å². The number of hydrogen-bond acceptors (Lipinski definition) is 3. The molecule has 0 bridgehead atoms. The van der Waals surface area contributed by atoms with E-state index in [4.69, 9.17) is 23.2 Å². The van der Waals surface area contributed by atoms with E-state index in [1.165, 1.54) is 0 Å². The quantitative estimate of drug-likeness (QED) is 0.833. The molecule has 0 saturated carbocycles. The summed E-state index contributed by atoms with van der Waals surface area (Å²) in [5.41, 5.74) is 1.33. The van der Waals surface area contributed by atoms with Gasteiger partial charge in [-0.25, -0.2) is 4.98 Å². The van der Waals surface area contributed by atoms with Crippen molar-refractivity contribution in [3.05, 3.63) is 52.1 Å². The van der Waals surface area contributed by atoms with Crippen LogP contribution >= 0.6 is 23.2 Å². The number of benzene rings is 1. The first-order valence-electron chi connectivity index (χ1n) is 8.00. The molecule has 1 aromatic heterocycles. The first-order chi connectivity index (χ1) is 11.5. The molecule has 1 N–H and O–H groups in total. The van der Waals surface area contributed by atoms with E-state index in [2.05, 4.69) is 17.2 Å². The van der Waals surface area contributed by atoms with Gasteiger partial charge in [0.2, 0.25) is 0 Å². The number of hydrogen-bond donors (Lipinski definition) is 1. The summed E-state index contributed by atoms with van der Waals surface area (Å²) in [5, 5.41) is 4.22. The van der Waals surface area contributed by atoms with Gasteiger partial charge in [0.05, 0.1) is 16.3 Å². The van der Waals surface area contributed by atoms with Crippen molar-refractivity contribution in [2.45, 2.75) is 19.8 Å². The highest BCUT2D eigenvalue weighted by Gasteiger charge is 2.21. The molecule has 1 aliphatic heterocycles. The van der Waals surface area contributed by atoms with Crippen LogP contribution in [0.5, 0.6) is 0 Å². The molecule has 1 fully saturated rings. The summed E-state index contributed by atoms with van der Waals surface area (Å²) in [7, 11) is 0. The van der Waals surface area contributed by atoms with Crippen molar-refractivity contribution in [2.24, 2.45) is 5.92 Å². The second-order valence-corrected chi connectivity index (χ2v) is 7.00. The Morgan fingerprint density at radius 1 is 1.21 bits per heavy atom. The number of likely N-dealkylation sites (tertiary alicyclic amines) is 1. The maximum Gasteiger partial charge on any atom is 0.255 e. The highest BCUT2D eigenvalue weighted by atomic mass is 35.5.